The molecular weight excluding hydrogens is 264 g/mol. The quantitative estimate of drug-likeness (QED) is 0.779. The second-order valence-corrected chi connectivity index (χ2v) is 4.90. The molecule has 0 aromatic carbocycles. The minimum atomic E-state index is -0.225. The predicted octanol–water partition coefficient (Wildman–Crippen LogP) is 0.315. The van der Waals surface area contributed by atoms with Crippen LogP contribution < -0.4 is 16.0 Å². The summed E-state index contributed by atoms with van der Waals surface area (Å²) in [6, 6.07) is 0. The topological polar surface area (TPSA) is 80.5 Å². The molecule has 1 aromatic rings. The van der Waals surface area contributed by atoms with Crippen molar-refractivity contribution in [2.45, 2.75) is 6.92 Å². The Hall–Kier alpha value is -1.78. The van der Waals surface area contributed by atoms with Crippen molar-refractivity contribution in [2.75, 3.05) is 43.5 Å². The third-order valence-corrected chi connectivity index (χ3v) is 3.77. The lowest BCUT2D eigenvalue weighted by Gasteiger charge is -2.25. The number of hydrogen-bond donors (Lipinski definition) is 2. The van der Waals surface area contributed by atoms with Crippen LogP contribution in [0.2, 0.25) is 0 Å². The molecule has 0 unspecified atom stereocenters. The molecule has 1 fully saturated rings. The first kappa shape index (κ1) is 13.6. The molecular formula is C12H16N4O2S. The number of anilines is 2. The fourth-order valence-corrected chi connectivity index (χ4v) is 2.62. The normalized spacial score (nSPS) is 14.7. The number of aromatic nitrogens is 1. The largest absolute Gasteiger partial charge is 0.382 e. The highest BCUT2D eigenvalue weighted by Crippen LogP contribution is 2.28. The van der Waals surface area contributed by atoms with Crippen LogP contribution in [-0.2, 0) is 4.74 Å². The number of ether oxygens (including phenoxy) is 1. The zero-order chi connectivity index (χ0) is 13.7. The van der Waals surface area contributed by atoms with Crippen molar-refractivity contribution in [3.8, 4) is 11.8 Å². The van der Waals surface area contributed by atoms with Crippen LogP contribution in [0, 0.1) is 11.8 Å². The van der Waals surface area contributed by atoms with Gasteiger partial charge in [-0.3, -0.25) is 4.79 Å². The summed E-state index contributed by atoms with van der Waals surface area (Å²) in [5.41, 5.74) is 5.80. The number of nitrogens with zero attached hydrogens (tertiary/aromatic N) is 2. The predicted molar refractivity (Wildman–Crippen MR) is 75.3 cm³/mol. The number of morpholine rings is 1. The summed E-state index contributed by atoms with van der Waals surface area (Å²) in [6.45, 7) is 4.94. The minimum absolute atomic E-state index is 0.225. The van der Waals surface area contributed by atoms with Gasteiger partial charge in [-0.2, -0.15) is 0 Å². The molecule has 0 saturated carbocycles. The summed E-state index contributed by atoms with van der Waals surface area (Å²) in [5.74, 6) is 5.54. The van der Waals surface area contributed by atoms with Gasteiger partial charge in [-0.25, -0.2) is 4.98 Å². The molecule has 2 rings (SSSR count). The van der Waals surface area contributed by atoms with Crippen molar-refractivity contribution in [2.24, 2.45) is 0 Å². The first-order valence-electron chi connectivity index (χ1n) is 5.99. The Morgan fingerprint density at radius 2 is 2.32 bits per heavy atom. The van der Waals surface area contributed by atoms with Gasteiger partial charge in [0.05, 0.1) is 19.8 Å². The fraction of sp³-hybridized carbons (Fsp3) is 0.500. The van der Waals surface area contributed by atoms with Gasteiger partial charge in [-0.05, 0) is 6.92 Å². The number of thiazole rings is 1. The van der Waals surface area contributed by atoms with E-state index in [1.807, 2.05) is 0 Å². The smallest absolute Gasteiger partial charge is 0.266 e. The molecule has 0 spiro atoms. The molecule has 1 aromatic heterocycles. The third kappa shape index (κ3) is 3.36. The Balaban J connectivity index is 2.06. The maximum Gasteiger partial charge on any atom is 0.266 e. The Morgan fingerprint density at radius 1 is 1.58 bits per heavy atom. The molecule has 0 aliphatic carbocycles. The Bertz CT molecular complexity index is 512. The summed E-state index contributed by atoms with van der Waals surface area (Å²) in [6.07, 6.45) is 0. The van der Waals surface area contributed by atoms with Crippen LogP contribution in [0.1, 0.15) is 16.6 Å². The highest BCUT2D eigenvalue weighted by molar-refractivity contribution is 7.18. The monoisotopic (exact) mass is 280 g/mol. The first-order chi connectivity index (χ1) is 9.22. The number of carbonyl (C=O) groups excluding carboxylic acids is 1. The van der Waals surface area contributed by atoms with E-state index in [4.69, 9.17) is 10.5 Å². The van der Waals surface area contributed by atoms with E-state index in [-0.39, 0.29) is 11.7 Å². The molecule has 102 valence electrons. The van der Waals surface area contributed by atoms with Gasteiger partial charge in [-0.1, -0.05) is 17.3 Å². The van der Waals surface area contributed by atoms with E-state index in [1.54, 1.807) is 6.92 Å². The van der Waals surface area contributed by atoms with E-state index in [0.29, 0.717) is 24.6 Å². The van der Waals surface area contributed by atoms with Gasteiger partial charge >= 0.3 is 0 Å². The van der Waals surface area contributed by atoms with Gasteiger partial charge in [0.25, 0.3) is 5.91 Å². The average Bonchev–Trinajstić information content (AvgIpc) is 2.82. The molecule has 6 nitrogen and oxygen atoms in total. The van der Waals surface area contributed by atoms with Gasteiger partial charge in [0.15, 0.2) is 5.13 Å². The van der Waals surface area contributed by atoms with E-state index < -0.39 is 0 Å². The van der Waals surface area contributed by atoms with Crippen molar-refractivity contribution in [3.05, 3.63) is 4.88 Å². The van der Waals surface area contributed by atoms with Crippen molar-refractivity contribution in [3.63, 3.8) is 0 Å². The number of nitrogens with one attached hydrogen (secondary N) is 1. The maximum atomic E-state index is 11.9. The molecule has 0 bridgehead atoms. The lowest BCUT2D eigenvalue weighted by molar-refractivity contribution is 0.0963. The summed E-state index contributed by atoms with van der Waals surface area (Å²) in [4.78, 5) is 18.7. The van der Waals surface area contributed by atoms with Gasteiger partial charge in [-0.15, -0.1) is 5.92 Å². The van der Waals surface area contributed by atoms with Gasteiger partial charge in [0.2, 0.25) is 0 Å². The van der Waals surface area contributed by atoms with Gasteiger partial charge in [0.1, 0.15) is 10.7 Å². The number of nitrogens with two attached hydrogens (primary N) is 1. The van der Waals surface area contributed by atoms with E-state index in [9.17, 15) is 4.79 Å². The fourth-order valence-electron chi connectivity index (χ4n) is 1.67. The Morgan fingerprint density at radius 3 is 3.00 bits per heavy atom. The lowest BCUT2D eigenvalue weighted by atomic mass is 10.4. The molecule has 7 heteroatoms. The lowest BCUT2D eigenvalue weighted by Crippen LogP contribution is -2.36. The van der Waals surface area contributed by atoms with Crippen LogP contribution in [0.3, 0.4) is 0 Å². The second-order valence-electron chi connectivity index (χ2n) is 3.92. The highest BCUT2D eigenvalue weighted by Gasteiger charge is 2.20. The van der Waals surface area contributed by atoms with Crippen LogP contribution in [0.25, 0.3) is 0 Å². The first-order valence-corrected chi connectivity index (χ1v) is 6.81. The average molecular weight is 280 g/mol. The highest BCUT2D eigenvalue weighted by atomic mass is 32.1. The summed E-state index contributed by atoms with van der Waals surface area (Å²) < 4.78 is 5.28. The van der Waals surface area contributed by atoms with Crippen molar-refractivity contribution >= 4 is 28.2 Å². The summed E-state index contributed by atoms with van der Waals surface area (Å²) in [5, 5.41) is 3.46. The van der Waals surface area contributed by atoms with Crippen molar-refractivity contribution < 1.29 is 9.53 Å². The second kappa shape index (κ2) is 6.41. The molecule has 0 radical (unpaired) electrons. The number of amides is 1. The van der Waals surface area contributed by atoms with Crippen LogP contribution in [0.15, 0.2) is 0 Å². The van der Waals surface area contributed by atoms with Crippen molar-refractivity contribution in [1.82, 2.24) is 10.3 Å². The molecule has 1 amide bonds. The zero-order valence-electron chi connectivity index (χ0n) is 10.7. The van der Waals surface area contributed by atoms with Crippen LogP contribution >= 0.6 is 11.3 Å². The Labute approximate surface area is 115 Å². The molecule has 2 heterocycles. The van der Waals surface area contributed by atoms with E-state index in [0.717, 1.165) is 18.2 Å². The molecule has 1 aliphatic heterocycles. The van der Waals surface area contributed by atoms with Gasteiger partial charge < -0.3 is 20.7 Å². The molecule has 3 N–H and O–H groups in total. The molecule has 0 atom stereocenters. The number of nitrogen functional groups attached to an aromatic ring is 1. The number of carbonyl (C=O) groups is 1. The van der Waals surface area contributed by atoms with Crippen LogP contribution in [0.4, 0.5) is 10.9 Å². The summed E-state index contributed by atoms with van der Waals surface area (Å²) >= 11 is 1.31. The maximum absolute atomic E-state index is 11.9. The number of hydrogen-bond acceptors (Lipinski definition) is 6. The Kier molecular flexibility index (Phi) is 4.60. The van der Waals surface area contributed by atoms with Gasteiger partial charge in [0, 0.05) is 13.1 Å². The molecule has 1 saturated heterocycles. The van der Waals surface area contributed by atoms with Crippen LogP contribution in [0.5, 0.6) is 0 Å². The SMILES string of the molecule is CC#CCNC(=O)c1sc(N2CCOCC2)nc1N. The van der Waals surface area contributed by atoms with E-state index >= 15 is 0 Å². The minimum Gasteiger partial charge on any atom is -0.382 e. The van der Waals surface area contributed by atoms with Crippen molar-refractivity contribution in [1.29, 1.82) is 0 Å². The number of rotatable bonds is 3. The molecule has 19 heavy (non-hydrogen) atoms. The standard InChI is InChI=1S/C12H16N4O2S/c1-2-3-4-14-11(17)9-10(13)15-12(19-9)16-5-7-18-8-6-16/h4-8,13H2,1H3,(H,14,17). The van der Waals surface area contributed by atoms with Crippen LogP contribution in [-0.4, -0.2) is 43.7 Å². The zero-order valence-corrected chi connectivity index (χ0v) is 11.5. The third-order valence-electron chi connectivity index (χ3n) is 2.64. The van der Waals surface area contributed by atoms with E-state index in [1.165, 1.54) is 11.3 Å². The molecule has 1 aliphatic rings. The summed E-state index contributed by atoms with van der Waals surface area (Å²) in [7, 11) is 0. The van der Waals surface area contributed by atoms with E-state index in [2.05, 4.69) is 27.0 Å².